The maximum atomic E-state index is 12.9. The molecule has 0 radical (unpaired) electrons. The Bertz CT molecular complexity index is 1040. The van der Waals surface area contributed by atoms with Crippen LogP contribution in [-0.2, 0) is 4.79 Å². The number of thioether (sulfide) groups is 1. The first-order valence-corrected chi connectivity index (χ1v) is 10.1. The first-order chi connectivity index (χ1) is 13.6. The van der Waals surface area contributed by atoms with Gasteiger partial charge in [0.25, 0.3) is 0 Å². The molecular weight excluding hydrogens is 372 g/mol. The number of carbonyl (C=O) groups excluding carboxylic acids is 2. The molecule has 0 aliphatic carbocycles. The summed E-state index contributed by atoms with van der Waals surface area (Å²) in [6.45, 7) is 0. The number of fused-ring (bicyclic) bond motifs is 1. The molecule has 3 aromatic carbocycles. The fourth-order valence-corrected chi connectivity index (χ4v) is 3.91. The number of carbonyl (C=O) groups is 2. The van der Waals surface area contributed by atoms with Gasteiger partial charge >= 0.3 is 5.97 Å². The van der Waals surface area contributed by atoms with E-state index in [0.29, 0.717) is 16.9 Å². The van der Waals surface area contributed by atoms with E-state index in [1.54, 1.807) is 42.1 Å². The van der Waals surface area contributed by atoms with Crippen LogP contribution in [0, 0.1) is 0 Å². The minimum absolute atomic E-state index is 0.113. The van der Waals surface area contributed by atoms with Crippen LogP contribution < -0.4 is 4.74 Å². The Balaban J connectivity index is 1.81. The summed E-state index contributed by atoms with van der Waals surface area (Å²) in [4.78, 5) is 26.1. The molecule has 1 N–H and O–H groups in total. The van der Waals surface area contributed by atoms with Crippen molar-refractivity contribution in [2.24, 2.45) is 0 Å². The monoisotopic (exact) mass is 390 g/mol. The second-order valence-corrected chi connectivity index (χ2v) is 7.45. The van der Waals surface area contributed by atoms with Crippen LogP contribution in [0.2, 0.25) is 0 Å². The van der Waals surface area contributed by atoms with Crippen molar-refractivity contribution < 1.29 is 19.4 Å². The number of hydrogen-bond acceptors (Lipinski definition) is 5. The average Bonchev–Trinajstić information content (AvgIpc) is 2.73. The predicted molar refractivity (Wildman–Crippen MR) is 108 cm³/mol. The quantitative estimate of drug-likeness (QED) is 0.300. The summed E-state index contributed by atoms with van der Waals surface area (Å²) >= 11 is 1.63. The Hall–Kier alpha value is -3.05. The summed E-state index contributed by atoms with van der Waals surface area (Å²) in [6, 6.07) is 19.8. The average molecular weight is 390 g/mol. The van der Waals surface area contributed by atoms with Gasteiger partial charge in [0.15, 0.2) is 5.78 Å². The summed E-state index contributed by atoms with van der Waals surface area (Å²) in [7, 11) is 0. The minimum Gasteiger partial charge on any atom is -0.507 e. The fraction of sp³-hybridized carbons (Fsp3) is 0.130. The molecule has 28 heavy (non-hydrogen) atoms. The molecule has 0 saturated heterocycles. The second-order valence-electron chi connectivity index (χ2n) is 6.57. The van der Waals surface area contributed by atoms with Crippen molar-refractivity contribution >= 4 is 23.5 Å². The number of aromatic hydroxyl groups is 1. The molecule has 0 saturated carbocycles. The standard InChI is InChI=1S/C23H18O4S/c1-28-16-9-7-14(8-10-16)18-13-20(24)27-19-12-11-17(23(26)21(18)19)22(25)15-5-3-2-4-6-15/h2-12,18,26H,13H2,1H3/t18-/m0/s1. The van der Waals surface area contributed by atoms with Gasteiger partial charge in [-0.05, 0) is 36.1 Å². The second kappa shape index (κ2) is 7.52. The summed E-state index contributed by atoms with van der Waals surface area (Å²) in [5, 5.41) is 11.0. The number of esters is 1. The van der Waals surface area contributed by atoms with Gasteiger partial charge < -0.3 is 9.84 Å². The van der Waals surface area contributed by atoms with Crippen LogP contribution in [-0.4, -0.2) is 23.1 Å². The van der Waals surface area contributed by atoms with Gasteiger partial charge in [0.2, 0.25) is 0 Å². The molecule has 1 heterocycles. The summed E-state index contributed by atoms with van der Waals surface area (Å²) in [5.74, 6) is -0.812. The largest absolute Gasteiger partial charge is 0.507 e. The predicted octanol–water partition coefficient (Wildman–Crippen LogP) is 4.79. The number of phenolic OH excluding ortho intramolecular Hbond substituents is 1. The normalized spacial score (nSPS) is 15.6. The highest BCUT2D eigenvalue weighted by atomic mass is 32.2. The lowest BCUT2D eigenvalue weighted by molar-refractivity contribution is -0.135. The molecule has 3 aromatic rings. The Morgan fingerprint density at radius 3 is 2.43 bits per heavy atom. The number of ether oxygens (including phenoxy) is 1. The van der Waals surface area contributed by atoms with Gasteiger partial charge in [-0.2, -0.15) is 0 Å². The molecule has 5 heteroatoms. The van der Waals surface area contributed by atoms with E-state index in [-0.39, 0.29) is 35.4 Å². The fourth-order valence-electron chi connectivity index (χ4n) is 3.50. The van der Waals surface area contributed by atoms with E-state index in [0.717, 1.165) is 10.5 Å². The zero-order valence-corrected chi connectivity index (χ0v) is 16.0. The zero-order valence-electron chi connectivity index (χ0n) is 15.2. The van der Waals surface area contributed by atoms with E-state index < -0.39 is 0 Å². The molecule has 0 aromatic heterocycles. The van der Waals surface area contributed by atoms with E-state index >= 15 is 0 Å². The third-order valence-corrected chi connectivity index (χ3v) is 5.66. The molecular formula is C23H18O4S. The molecule has 140 valence electrons. The molecule has 4 rings (SSSR count). The highest BCUT2D eigenvalue weighted by molar-refractivity contribution is 7.98. The SMILES string of the molecule is CSc1ccc([C@@H]2CC(=O)Oc3ccc(C(=O)c4ccccc4)c(O)c32)cc1. The molecule has 4 nitrogen and oxygen atoms in total. The molecule has 1 atom stereocenters. The third kappa shape index (κ3) is 3.29. The van der Waals surface area contributed by atoms with Crippen molar-refractivity contribution in [1.29, 1.82) is 0 Å². The number of rotatable bonds is 4. The third-order valence-electron chi connectivity index (χ3n) is 4.92. The number of phenols is 1. The van der Waals surface area contributed by atoms with Gasteiger partial charge in [0, 0.05) is 21.9 Å². The maximum Gasteiger partial charge on any atom is 0.312 e. The number of benzene rings is 3. The number of hydrogen-bond donors (Lipinski definition) is 1. The summed E-state index contributed by atoms with van der Waals surface area (Å²) in [5.41, 5.74) is 2.08. The molecule has 0 amide bonds. The first kappa shape index (κ1) is 18.3. The molecule has 0 spiro atoms. The van der Waals surface area contributed by atoms with Crippen LogP contribution in [0.15, 0.2) is 71.6 Å². The van der Waals surface area contributed by atoms with Crippen molar-refractivity contribution in [2.75, 3.05) is 6.26 Å². The van der Waals surface area contributed by atoms with E-state index in [1.807, 2.05) is 36.6 Å². The zero-order chi connectivity index (χ0) is 19.7. The summed E-state index contributed by atoms with van der Waals surface area (Å²) in [6.07, 6.45) is 2.11. The van der Waals surface area contributed by atoms with Gasteiger partial charge in [-0.1, -0.05) is 42.5 Å². The Morgan fingerprint density at radius 2 is 1.75 bits per heavy atom. The minimum atomic E-state index is -0.365. The van der Waals surface area contributed by atoms with Crippen LogP contribution >= 0.6 is 11.8 Å². The lowest BCUT2D eigenvalue weighted by atomic mass is 9.84. The van der Waals surface area contributed by atoms with Crippen molar-refractivity contribution in [2.45, 2.75) is 17.2 Å². The highest BCUT2D eigenvalue weighted by Crippen LogP contribution is 2.45. The molecule has 1 aliphatic rings. The lowest BCUT2D eigenvalue weighted by Crippen LogP contribution is -2.21. The highest BCUT2D eigenvalue weighted by Gasteiger charge is 2.33. The van der Waals surface area contributed by atoms with Crippen LogP contribution in [0.3, 0.4) is 0 Å². The van der Waals surface area contributed by atoms with Crippen LogP contribution in [0.5, 0.6) is 11.5 Å². The molecule has 0 bridgehead atoms. The maximum absolute atomic E-state index is 12.9. The van der Waals surface area contributed by atoms with E-state index in [2.05, 4.69) is 0 Å². The number of ketones is 1. The van der Waals surface area contributed by atoms with E-state index in [9.17, 15) is 14.7 Å². The van der Waals surface area contributed by atoms with Crippen LogP contribution in [0.25, 0.3) is 0 Å². The van der Waals surface area contributed by atoms with Crippen molar-refractivity contribution in [3.63, 3.8) is 0 Å². The van der Waals surface area contributed by atoms with Crippen molar-refractivity contribution in [3.05, 3.63) is 89.0 Å². The Labute approximate surface area is 167 Å². The van der Waals surface area contributed by atoms with Gasteiger partial charge in [-0.25, -0.2) is 0 Å². The van der Waals surface area contributed by atoms with Gasteiger partial charge in [0.05, 0.1) is 12.0 Å². The smallest absolute Gasteiger partial charge is 0.312 e. The van der Waals surface area contributed by atoms with Crippen LogP contribution in [0.4, 0.5) is 0 Å². The lowest BCUT2D eigenvalue weighted by Gasteiger charge is -2.26. The van der Waals surface area contributed by atoms with Crippen LogP contribution in [0.1, 0.15) is 39.4 Å². The molecule has 0 fully saturated rings. The van der Waals surface area contributed by atoms with E-state index in [4.69, 9.17) is 4.74 Å². The van der Waals surface area contributed by atoms with E-state index in [1.165, 1.54) is 6.07 Å². The Kier molecular flexibility index (Phi) is 4.92. The van der Waals surface area contributed by atoms with Gasteiger partial charge in [-0.15, -0.1) is 11.8 Å². The first-order valence-electron chi connectivity index (χ1n) is 8.88. The topological polar surface area (TPSA) is 63.6 Å². The summed E-state index contributed by atoms with van der Waals surface area (Å²) < 4.78 is 5.34. The Morgan fingerprint density at radius 1 is 1.04 bits per heavy atom. The van der Waals surface area contributed by atoms with Crippen molar-refractivity contribution in [1.82, 2.24) is 0 Å². The molecule has 0 unspecified atom stereocenters. The molecule has 1 aliphatic heterocycles. The van der Waals surface area contributed by atoms with Gasteiger partial charge in [0.1, 0.15) is 11.5 Å². The van der Waals surface area contributed by atoms with Crippen molar-refractivity contribution in [3.8, 4) is 11.5 Å². The van der Waals surface area contributed by atoms with Gasteiger partial charge in [-0.3, -0.25) is 9.59 Å².